The number of aromatic nitrogens is 1. The first kappa shape index (κ1) is 13.8. The molecule has 5 atom stereocenters. The van der Waals surface area contributed by atoms with Crippen LogP contribution in [0.2, 0.25) is 0 Å². The predicted molar refractivity (Wildman–Crippen MR) is 84.1 cm³/mol. The molecule has 4 rings (SSSR count). The highest BCUT2D eigenvalue weighted by Gasteiger charge is 2.39. The fraction of sp³-hybridized carbons (Fsp3) is 0.737. The summed E-state index contributed by atoms with van der Waals surface area (Å²) >= 11 is 0. The molecule has 114 valence electrons. The van der Waals surface area contributed by atoms with E-state index in [2.05, 4.69) is 11.1 Å². The highest BCUT2D eigenvalue weighted by molar-refractivity contribution is 5.29. The summed E-state index contributed by atoms with van der Waals surface area (Å²) in [4.78, 5) is 4.58. The lowest BCUT2D eigenvalue weighted by atomic mass is 9.65. The fourth-order valence-electron chi connectivity index (χ4n) is 5.32. The Morgan fingerprint density at radius 2 is 1.90 bits per heavy atom. The Balaban J connectivity index is 1.47. The minimum atomic E-state index is -0.163. The smallest absolute Gasteiger partial charge is 0.0652 e. The monoisotopic (exact) mass is 285 g/mol. The minimum Gasteiger partial charge on any atom is -0.392 e. The van der Waals surface area contributed by atoms with Gasteiger partial charge in [-0.2, -0.15) is 0 Å². The molecule has 0 amide bonds. The van der Waals surface area contributed by atoms with Crippen molar-refractivity contribution in [1.82, 2.24) is 4.98 Å². The first-order valence-electron chi connectivity index (χ1n) is 8.95. The van der Waals surface area contributed by atoms with Gasteiger partial charge in [-0.05, 0) is 61.5 Å². The van der Waals surface area contributed by atoms with Crippen molar-refractivity contribution in [2.75, 3.05) is 0 Å². The molecule has 0 bridgehead atoms. The van der Waals surface area contributed by atoms with E-state index in [0.29, 0.717) is 11.8 Å². The van der Waals surface area contributed by atoms with Gasteiger partial charge in [0.05, 0.1) is 6.10 Å². The van der Waals surface area contributed by atoms with E-state index in [4.69, 9.17) is 0 Å². The second-order valence-electron chi connectivity index (χ2n) is 7.56. The Kier molecular flexibility index (Phi) is 3.74. The number of aryl methyl sites for hydroxylation is 1. The van der Waals surface area contributed by atoms with Crippen molar-refractivity contribution in [2.24, 2.45) is 17.8 Å². The Morgan fingerprint density at radius 1 is 1.05 bits per heavy atom. The lowest BCUT2D eigenvalue weighted by molar-refractivity contribution is 0.0195. The molecule has 0 spiro atoms. The minimum absolute atomic E-state index is 0.163. The molecule has 1 aromatic heterocycles. The third kappa shape index (κ3) is 2.52. The molecule has 1 heterocycles. The van der Waals surface area contributed by atoms with Gasteiger partial charge in [0, 0.05) is 17.8 Å². The van der Waals surface area contributed by atoms with Crippen LogP contribution in [0.4, 0.5) is 0 Å². The summed E-state index contributed by atoms with van der Waals surface area (Å²) in [5.41, 5.74) is 2.56. The Labute approximate surface area is 128 Å². The number of nitrogens with zero attached hydrogens (tertiary/aromatic N) is 1. The molecule has 2 nitrogen and oxygen atoms in total. The molecule has 21 heavy (non-hydrogen) atoms. The highest BCUT2D eigenvalue weighted by atomic mass is 16.3. The number of rotatable bonds is 2. The van der Waals surface area contributed by atoms with Crippen LogP contribution in [0.3, 0.4) is 0 Å². The van der Waals surface area contributed by atoms with E-state index < -0.39 is 0 Å². The maximum Gasteiger partial charge on any atom is 0.0652 e. The molecule has 0 saturated heterocycles. The summed E-state index contributed by atoms with van der Waals surface area (Å²) in [5.74, 6) is 2.68. The fourth-order valence-corrected chi connectivity index (χ4v) is 5.32. The molecule has 0 radical (unpaired) electrons. The molecule has 1 aromatic rings. The first-order chi connectivity index (χ1) is 10.3. The molecule has 5 unspecified atom stereocenters. The SMILES string of the molecule is OC(C1CCC2CCCCC2C1)C1CCc2cccnc21. The van der Waals surface area contributed by atoms with Crippen LogP contribution in [0.1, 0.15) is 68.5 Å². The number of hydrogen-bond donors (Lipinski definition) is 1. The summed E-state index contributed by atoms with van der Waals surface area (Å²) in [7, 11) is 0. The molecule has 2 saturated carbocycles. The van der Waals surface area contributed by atoms with Crippen molar-refractivity contribution in [1.29, 1.82) is 0 Å². The van der Waals surface area contributed by atoms with E-state index in [0.717, 1.165) is 24.7 Å². The van der Waals surface area contributed by atoms with E-state index in [-0.39, 0.29) is 6.10 Å². The maximum absolute atomic E-state index is 11.0. The number of aliphatic hydroxyl groups is 1. The van der Waals surface area contributed by atoms with Gasteiger partial charge >= 0.3 is 0 Å². The van der Waals surface area contributed by atoms with Crippen LogP contribution in [-0.2, 0) is 6.42 Å². The summed E-state index contributed by atoms with van der Waals surface area (Å²) in [6, 6.07) is 4.22. The van der Waals surface area contributed by atoms with Crippen molar-refractivity contribution in [3.63, 3.8) is 0 Å². The summed E-state index contributed by atoms with van der Waals surface area (Å²) in [6.45, 7) is 0. The third-order valence-electron chi connectivity index (χ3n) is 6.48. The number of pyridine rings is 1. The molecule has 1 N–H and O–H groups in total. The largest absolute Gasteiger partial charge is 0.392 e. The third-order valence-corrected chi connectivity index (χ3v) is 6.48. The van der Waals surface area contributed by atoms with Gasteiger partial charge in [-0.3, -0.25) is 4.98 Å². The summed E-state index contributed by atoms with van der Waals surface area (Å²) in [5, 5.41) is 11.0. The highest BCUT2D eigenvalue weighted by Crippen LogP contribution is 2.46. The second kappa shape index (κ2) is 5.72. The van der Waals surface area contributed by atoms with Gasteiger partial charge in [-0.15, -0.1) is 0 Å². The quantitative estimate of drug-likeness (QED) is 0.888. The first-order valence-corrected chi connectivity index (χ1v) is 8.95. The zero-order chi connectivity index (χ0) is 14.2. The average Bonchev–Trinajstić information content (AvgIpc) is 2.98. The Hall–Kier alpha value is -0.890. The molecule has 2 heteroatoms. The van der Waals surface area contributed by atoms with E-state index >= 15 is 0 Å². The molecule has 0 aromatic carbocycles. The van der Waals surface area contributed by atoms with Gasteiger partial charge in [0.2, 0.25) is 0 Å². The van der Waals surface area contributed by atoms with Crippen LogP contribution in [0.25, 0.3) is 0 Å². The van der Waals surface area contributed by atoms with Crippen molar-refractivity contribution in [3.8, 4) is 0 Å². The van der Waals surface area contributed by atoms with Crippen LogP contribution in [0, 0.1) is 17.8 Å². The van der Waals surface area contributed by atoms with Crippen molar-refractivity contribution in [2.45, 2.75) is 69.8 Å². The molecule has 2 fully saturated rings. The summed E-state index contributed by atoms with van der Waals surface area (Å²) < 4.78 is 0. The van der Waals surface area contributed by atoms with Gasteiger partial charge < -0.3 is 5.11 Å². The van der Waals surface area contributed by atoms with Crippen molar-refractivity contribution < 1.29 is 5.11 Å². The zero-order valence-corrected chi connectivity index (χ0v) is 12.9. The van der Waals surface area contributed by atoms with E-state index in [1.807, 2.05) is 12.3 Å². The summed E-state index contributed by atoms with van der Waals surface area (Å²) in [6.07, 6.45) is 13.5. The normalized spacial score (nSPS) is 36.8. The average molecular weight is 285 g/mol. The van der Waals surface area contributed by atoms with Crippen LogP contribution in [-0.4, -0.2) is 16.2 Å². The van der Waals surface area contributed by atoms with Crippen LogP contribution < -0.4 is 0 Å². The topological polar surface area (TPSA) is 33.1 Å². The van der Waals surface area contributed by atoms with E-state index in [1.165, 1.54) is 56.2 Å². The molecule has 3 aliphatic carbocycles. The van der Waals surface area contributed by atoms with Crippen LogP contribution in [0.5, 0.6) is 0 Å². The van der Waals surface area contributed by atoms with Crippen LogP contribution >= 0.6 is 0 Å². The maximum atomic E-state index is 11.0. The molecular weight excluding hydrogens is 258 g/mol. The van der Waals surface area contributed by atoms with Gasteiger partial charge in [0.15, 0.2) is 0 Å². The standard InChI is InChI=1S/C19H27NO/c21-19(17-10-9-14-6-3-11-20-18(14)17)16-8-7-13-4-1-2-5-15(13)12-16/h3,6,11,13,15-17,19,21H,1-2,4-5,7-10,12H2. The van der Waals surface area contributed by atoms with Gasteiger partial charge in [0.1, 0.15) is 0 Å². The Bertz CT molecular complexity index is 500. The van der Waals surface area contributed by atoms with Gasteiger partial charge in [-0.25, -0.2) is 0 Å². The van der Waals surface area contributed by atoms with Gasteiger partial charge in [0.25, 0.3) is 0 Å². The predicted octanol–water partition coefficient (Wildman–Crippen LogP) is 4.08. The lowest BCUT2D eigenvalue weighted by Crippen LogP contribution is -2.35. The zero-order valence-electron chi connectivity index (χ0n) is 12.9. The number of fused-ring (bicyclic) bond motifs is 2. The molecule has 0 aliphatic heterocycles. The van der Waals surface area contributed by atoms with Crippen molar-refractivity contribution >= 4 is 0 Å². The van der Waals surface area contributed by atoms with E-state index in [9.17, 15) is 5.11 Å². The molecule has 3 aliphatic rings. The lowest BCUT2D eigenvalue weighted by Gasteiger charge is -2.41. The van der Waals surface area contributed by atoms with Gasteiger partial charge in [-0.1, -0.05) is 31.7 Å². The molecular formula is C19H27NO. The second-order valence-corrected chi connectivity index (χ2v) is 7.56. The number of hydrogen-bond acceptors (Lipinski definition) is 2. The Morgan fingerprint density at radius 3 is 2.81 bits per heavy atom. The van der Waals surface area contributed by atoms with Crippen LogP contribution in [0.15, 0.2) is 18.3 Å². The van der Waals surface area contributed by atoms with Crippen molar-refractivity contribution in [3.05, 3.63) is 29.6 Å². The number of aliphatic hydroxyl groups excluding tert-OH is 1. The van der Waals surface area contributed by atoms with E-state index in [1.54, 1.807) is 0 Å².